The van der Waals surface area contributed by atoms with E-state index in [-0.39, 0.29) is 0 Å². The molecule has 0 N–H and O–H groups in total. The van der Waals surface area contributed by atoms with E-state index in [9.17, 15) is 0 Å². The first kappa shape index (κ1) is 17.3. The van der Waals surface area contributed by atoms with Gasteiger partial charge in [0, 0.05) is 36.6 Å². The van der Waals surface area contributed by atoms with Crippen LogP contribution in [0.1, 0.15) is 5.56 Å². The minimum atomic E-state index is 0.606. The first-order valence-corrected chi connectivity index (χ1v) is 8.94. The molecule has 0 atom stereocenters. The van der Waals surface area contributed by atoms with Crippen molar-refractivity contribution in [3.8, 4) is 11.5 Å². The summed E-state index contributed by atoms with van der Waals surface area (Å²) in [5.41, 5.74) is 5.41. The number of nitrogens with zero attached hydrogens (tertiary/aromatic N) is 3. The average Bonchev–Trinajstić information content (AvgIpc) is 3.11. The summed E-state index contributed by atoms with van der Waals surface area (Å²) < 4.78 is 5.89. The van der Waals surface area contributed by atoms with Crippen LogP contribution in [0, 0.1) is 0 Å². The third-order valence-corrected chi connectivity index (χ3v) is 4.49. The number of anilines is 1. The Balaban J connectivity index is 1.60. The van der Waals surface area contributed by atoms with Gasteiger partial charge < -0.3 is 9.32 Å². The molecular weight excluding hydrogens is 358 g/mol. The van der Waals surface area contributed by atoms with E-state index in [1.54, 1.807) is 6.21 Å². The van der Waals surface area contributed by atoms with Crippen LogP contribution in [0.25, 0.3) is 22.6 Å². The molecule has 5 heteroatoms. The number of aromatic nitrogens is 1. The second kappa shape index (κ2) is 7.25. The van der Waals surface area contributed by atoms with Crippen LogP contribution in [-0.4, -0.2) is 25.3 Å². The second-order valence-electron chi connectivity index (χ2n) is 6.42. The van der Waals surface area contributed by atoms with Crippen LogP contribution >= 0.6 is 11.6 Å². The first-order chi connectivity index (χ1) is 13.1. The molecule has 134 valence electrons. The van der Waals surface area contributed by atoms with Gasteiger partial charge in [-0.25, -0.2) is 4.98 Å². The van der Waals surface area contributed by atoms with Crippen LogP contribution in [0.15, 0.2) is 76.1 Å². The third kappa shape index (κ3) is 3.86. The Bertz CT molecular complexity index is 1100. The minimum absolute atomic E-state index is 0.606. The number of hydrogen-bond acceptors (Lipinski definition) is 4. The van der Waals surface area contributed by atoms with Gasteiger partial charge in [0.2, 0.25) is 5.89 Å². The van der Waals surface area contributed by atoms with Crippen molar-refractivity contribution >= 4 is 40.3 Å². The molecule has 4 rings (SSSR count). The molecule has 0 unspecified atom stereocenters. The van der Waals surface area contributed by atoms with Crippen LogP contribution in [0.3, 0.4) is 0 Å². The topological polar surface area (TPSA) is 41.6 Å². The predicted octanol–water partition coefficient (Wildman–Crippen LogP) is 5.96. The zero-order valence-corrected chi connectivity index (χ0v) is 15.8. The minimum Gasteiger partial charge on any atom is -0.436 e. The van der Waals surface area contributed by atoms with Crippen molar-refractivity contribution in [1.29, 1.82) is 0 Å². The molecule has 4 nitrogen and oxygen atoms in total. The molecule has 1 aromatic heterocycles. The van der Waals surface area contributed by atoms with E-state index >= 15 is 0 Å². The first-order valence-electron chi connectivity index (χ1n) is 8.56. The molecule has 0 bridgehead atoms. The van der Waals surface area contributed by atoms with Crippen LogP contribution < -0.4 is 4.90 Å². The average molecular weight is 376 g/mol. The van der Waals surface area contributed by atoms with Crippen molar-refractivity contribution in [3.63, 3.8) is 0 Å². The van der Waals surface area contributed by atoms with Gasteiger partial charge in [-0.3, -0.25) is 4.99 Å². The third-order valence-electron chi connectivity index (χ3n) is 4.23. The number of oxazole rings is 1. The normalized spacial score (nSPS) is 11.4. The SMILES string of the molecule is CN(C)c1ccc(-c2nc3cc(N=Cc4ccc(Cl)cc4)ccc3o2)cc1. The maximum absolute atomic E-state index is 5.91. The molecule has 0 amide bonds. The molecule has 0 aliphatic heterocycles. The largest absolute Gasteiger partial charge is 0.436 e. The molecule has 0 saturated heterocycles. The summed E-state index contributed by atoms with van der Waals surface area (Å²) in [6, 6.07) is 21.4. The van der Waals surface area contributed by atoms with E-state index in [1.807, 2.05) is 80.8 Å². The van der Waals surface area contributed by atoms with Crippen molar-refractivity contribution in [3.05, 3.63) is 77.3 Å². The van der Waals surface area contributed by atoms with Gasteiger partial charge in [0.1, 0.15) is 5.52 Å². The molecular formula is C22H18ClN3O. The van der Waals surface area contributed by atoms with Crippen molar-refractivity contribution in [2.45, 2.75) is 0 Å². The lowest BCUT2D eigenvalue weighted by Crippen LogP contribution is -2.07. The van der Waals surface area contributed by atoms with Gasteiger partial charge in [0.05, 0.1) is 5.69 Å². The second-order valence-corrected chi connectivity index (χ2v) is 6.86. The van der Waals surface area contributed by atoms with Gasteiger partial charge in [0.25, 0.3) is 0 Å². The number of hydrogen-bond donors (Lipinski definition) is 0. The van der Waals surface area contributed by atoms with Gasteiger partial charge in [-0.05, 0) is 60.2 Å². The van der Waals surface area contributed by atoms with E-state index in [1.165, 1.54) is 0 Å². The Kier molecular flexibility index (Phi) is 4.65. The number of benzene rings is 3. The van der Waals surface area contributed by atoms with E-state index in [0.29, 0.717) is 10.9 Å². The molecule has 0 aliphatic rings. The van der Waals surface area contributed by atoms with Gasteiger partial charge in [-0.15, -0.1) is 0 Å². The zero-order chi connectivity index (χ0) is 18.8. The molecule has 0 saturated carbocycles. The van der Waals surface area contributed by atoms with Crippen LogP contribution in [0.5, 0.6) is 0 Å². The summed E-state index contributed by atoms with van der Waals surface area (Å²) in [5, 5.41) is 0.710. The lowest BCUT2D eigenvalue weighted by atomic mass is 10.2. The molecule has 0 aliphatic carbocycles. The summed E-state index contributed by atoms with van der Waals surface area (Å²) in [6.45, 7) is 0. The number of fused-ring (bicyclic) bond motifs is 1. The predicted molar refractivity (Wildman–Crippen MR) is 112 cm³/mol. The Morgan fingerprint density at radius 1 is 0.963 bits per heavy atom. The molecule has 0 radical (unpaired) electrons. The summed E-state index contributed by atoms with van der Waals surface area (Å²) in [5.74, 6) is 0.606. The lowest BCUT2D eigenvalue weighted by Gasteiger charge is -2.11. The molecule has 0 spiro atoms. The van der Waals surface area contributed by atoms with Gasteiger partial charge >= 0.3 is 0 Å². The van der Waals surface area contributed by atoms with Crippen molar-refractivity contribution in [2.75, 3.05) is 19.0 Å². The van der Waals surface area contributed by atoms with E-state index < -0.39 is 0 Å². The molecule has 27 heavy (non-hydrogen) atoms. The summed E-state index contributed by atoms with van der Waals surface area (Å²) >= 11 is 5.91. The van der Waals surface area contributed by atoms with Crippen molar-refractivity contribution < 1.29 is 4.42 Å². The summed E-state index contributed by atoms with van der Waals surface area (Å²) in [6.07, 6.45) is 1.80. The highest BCUT2D eigenvalue weighted by atomic mass is 35.5. The highest BCUT2D eigenvalue weighted by Gasteiger charge is 2.09. The maximum atomic E-state index is 5.91. The Labute approximate surface area is 162 Å². The van der Waals surface area contributed by atoms with Crippen LogP contribution in [-0.2, 0) is 0 Å². The Morgan fingerprint density at radius 3 is 2.41 bits per heavy atom. The number of halogens is 1. The van der Waals surface area contributed by atoms with E-state index in [0.717, 1.165) is 33.6 Å². The highest BCUT2D eigenvalue weighted by Crippen LogP contribution is 2.28. The molecule has 1 heterocycles. The fraction of sp³-hybridized carbons (Fsp3) is 0.0909. The number of rotatable bonds is 4. The summed E-state index contributed by atoms with van der Waals surface area (Å²) in [7, 11) is 4.03. The molecule has 4 aromatic rings. The molecule has 0 fully saturated rings. The summed E-state index contributed by atoms with van der Waals surface area (Å²) in [4.78, 5) is 11.2. The fourth-order valence-corrected chi connectivity index (χ4v) is 2.85. The zero-order valence-electron chi connectivity index (χ0n) is 15.1. The standard InChI is InChI=1S/C22H18ClN3O/c1-26(2)19-10-5-16(6-11-19)22-25-20-13-18(9-12-21(20)27-22)24-14-15-3-7-17(23)8-4-15/h3-14H,1-2H3. The van der Waals surface area contributed by atoms with E-state index in [4.69, 9.17) is 16.0 Å². The Morgan fingerprint density at radius 2 is 1.70 bits per heavy atom. The number of aliphatic imine (C=N–C) groups is 1. The van der Waals surface area contributed by atoms with Crippen molar-refractivity contribution in [2.24, 2.45) is 4.99 Å². The maximum Gasteiger partial charge on any atom is 0.227 e. The van der Waals surface area contributed by atoms with Crippen LogP contribution in [0.4, 0.5) is 11.4 Å². The fourth-order valence-electron chi connectivity index (χ4n) is 2.72. The lowest BCUT2D eigenvalue weighted by molar-refractivity contribution is 0.620. The monoisotopic (exact) mass is 375 g/mol. The smallest absolute Gasteiger partial charge is 0.227 e. The van der Waals surface area contributed by atoms with Gasteiger partial charge in [0.15, 0.2) is 5.58 Å². The van der Waals surface area contributed by atoms with Crippen molar-refractivity contribution in [1.82, 2.24) is 4.98 Å². The quantitative estimate of drug-likeness (QED) is 0.413. The molecule has 3 aromatic carbocycles. The van der Waals surface area contributed by atoms with E-state index in [2.05, 4.69) is 14.9 Å². The van der Waals surface area contributed by atoms with Crippen LogP contribution in [0.2, 0.25) is 5.02 Å². The van der Waals surface area contributed by atoms with Gasteiger partial charge in [-0.1, -0.05) is 23.7 Å². The van der Waals surface area contributed by atoms with Gasteiger partial charge in [-0.2, -0.15) is 0 Å². The Hall–Kier alpha value is -3.11. The highest BCUT2D eigenvalue weighted by molar-refractivity contribution is 6.30.